The van der Waals surface area contributed by atoms with Crippen LogP contribution in [0.4, 0.5) is 5.69 Å². The highest BCUT2D eigenvalue weighted by atomic mass is 16.5. The van der Waals surface area contributed by atoms with E-state index in [4.69, 9.17) is 4.74 Å². The van der Waals surface area contributed by atoms with E-state index in [-0.39, 0.29) is 12.5 Å². The van der Waals surface area contributed by atoms with Crippen molar-refractivity contribution >= 4 is 17.6 Å². The molecule has 0 saturated carbocycles. The van der Waals surface area contributed by atoms with Crippen molar-refractivity contribution in [3.63, 3.8) is 0 Å². The maximum absolute atomic E-state index is 12.7. The number of hydrogen-bond donors (Lipinski definition) is 1. The van der Waals surface area contributed by atoms with Crippen LogP contribution in [0, 0.1) is 13.8 Å². The van der Waals surface area contributed by atoms with Crippen LogP contribution >= 0.6 is 0 Å². The first-order valence-electron chi connectivity index (χ1n) is 7.70. The lowest BCUT2D eigenvalue weighted by molar-refractivity contribution is 0.0513. The Bertz CT molecular complexity index is 764. The normalized spacial score (nSPS) is 10.3. The minimum absolute atomic E-state index is 0.273. The number of carbonyl (C=O) groups is 2. The van der Waals surface area contributed by atoms with Gasteiger partial charge >= 0.3 is 5.97 Å². The van der Waals surface area contributed by atoms with Crippen LogP contribution in [0.25, 0.3) is 0 Å². The molecule has 2 aromatic rings. The molecule has 0 saturated heterocycles. The topological polar surface area (TPSA) is 73.2 Å². The summed E-state index contributed by atoms with van der Waals surface area (Å²) in [6.07, 6.45) is 4.88. The van der Waals surface area contributed by atoms with Gasteiger partial charge in [0, 0.05) is 30.3 Å². The maximum Gasteiger partial charge on any atom is 0.355 e. The van der Waals surface area contributed by atoms with Gasteiger partial charge in [0.1, 0.15) is 5.69 Å². The van der Waals surface area contributed by atoms with E-state index in [2.05, 4.69) is 16.9 Å². The fourth-order valence-electron chi connectivity index (χ4n) is 2.68. The second-order valence-electron chi connectivity index (χ2n) is 5.24. The van der Waals surface area contributed by atoms with Crippen LogP contribution in [0.5, 0.6) is 0 Å². The summed E-state index contributed by atoms with van der Waals surface area (Å²) in [5.41, 5.74) is 2.79. The number of hydrogen-bond acceptors (Lipinski definition) is 4. The largest absolute Gasteiger partial charge is 0.461 e. The van der Waals surface area contributed by atoms with Gasteiger partial charge in [0.2, 0.25) is 0 Å². The molecule has 126 valence electrons. The zero-order chi connectivity index (χ0) is 17.7. The molecule has 0 spiro atoms. The Balaban J connectivity index is 2.46. The van der Waals surface area contributed by atoms with Crippen molar-refractivity contribution < 1.29 is 14.3 Å². The number of nitrogens with one attached hydrogen (secondary N) is 1. The predicted octanol–water partition coefficient (Wildman–Crippen LogP) is 3.11. The lowest BCUT2D eigenvalue weighted by Gasteiger charge is -2.09. The average Bonchev–Trinajstić information content (AvgIpc) is 2.79. The summed E-state index contributed by atoms with van der Waals surface area (Å²) in [6, 6.07) is 3.41. The quantitative estimate of drug-likeness (QED) is 0.653. The van der Waals surface area contributed by atoms with Gasteiger partial charge < -0.3 is 14.6 Å². The molecule has 0 radical (unpaired) electrons. The zero-order valence-electron chi connectivity index (χ0n) is 14.1. The Morgan fingerprint density at radius 1 is 1.33 bits per heavy atom. The van der Waals surface area contributed by atoms with Gasteiger partial charge in [-0.15, -0.1) is 6.58 Å². The van der Waals surface area contributed by atoms with Crippen molar-refractivity contribution in [2.75, 3.05) is 11.9 Å². The zero-order valence-corrected chi connectivity index (χ0v) is 14.1. The Hall–Kier alpha value is -2.89. The van der Waals surface area contributed by atoms with Crippen LogP contribution in [0.15, 0.2) is 37.2 Å². The molecule has 0 aliphatic carbocycles. The minimum Gasteiger partial charge on any atom is -0.461 e. The number of ether oxygens (including phenoxy) is 1. The monoisotopic (exact) mass is 327 g/mol. The van der Waals surface area contributed by atoms with Crippen LogP contribution < -0.4 is 5.32 Å². The molecule has 2 aromatic heterocycles. The third-order valence-corrected chi connectivity index (χ3v) is 3.71. The number of amides is 1. The van der Waals surface area contributed by atoms with E-state index in [1.807, 2.05) is 0 Å². The fraction of sp³-hybridized carbons (Fsp3) is 0.278. The van der Waals surface area contributed by atoms with Gasteiger partial charge in [0.25, 0.3) is 5.91 Å². The van der Waals surface area contributed by atoms with Gasteiger partial charge in [-0.2, -0.15) is 0 Å². The predicted molar refractivity (Wildman–Crippen MR) is 92.2 cm³/mol. The molecule has 0 atom stereocenters. The molecule has 0 fully saturated rings. The number of nitrogens with zero attached hydrogens (tertiary/aromatic N) is 2. The molecule has 1 N–H and O–H groups in total. The number of carbonyl (C=O) groups excluding carboxylic acids is 2. The van der Waals surface area contributed by atoms with Crippen LogP contribution in [-0.2, 0) is 11.3 Å². The smallest absolute Gasteiger partial charge is 0.355 e. The number of allylic oxidation sites excluding steroid dienone is 1. The van der Waals surface area contributed by atoms with Crippen LogP contribution in [0.2, 0.25) is 0 Å². The molecule has 0 aliphatic heterocycles. The lowest BCUT2D eigenvalue weighted by Crippen LogP contribution is -2.14. The van der Waals surface area contributed by atoms with E-state index in [0.717, 1.165) is 0 Å². The number of esters is 1. The summed E-state index contributed by atoms with van der Waals surface area (Å²) < 4.78 is 6.88. The molecule has 0 aliphatic rings. The number of rotatable bonds is 6. The van der Waals surface area contributed by atoms with E-state index >= 15 is 0 Å². The standard InChI is InChI=1S/C18H21N3O3/c1-5-11-21-13(4)15(12(3)16(21)18(23)24-6-2)17(22)20-14-7-9-19-10-8-14/h5,7-10H,1,6,11H2,2-4H3,(H,19,20,22). The number of pyridine rings is 1. The summed E-state index contributed by atoms with van der Waals surface area (Å²) in [5, 5.41) is 2.82. The van der Waals surface area contributed by atoms with Gasteiger partial charge in [-0.25, -0.2) is 4.79 Å². The number of aromatic nitrogens is 2. The van der Waals surface area contributed by atoms with E-state index in [1.165, 1.54) is 0 Å². The average molecular weight is 327 g/mol. The van der Waals surface area contributed by atoms with Gasteiger partial charge in [0.05, 0.1) is 12.2 Å². The SMILES string of the molecule is C=CCn1c(C)c(C(=O)Nc2ccncc2)c(C)c1C(=O)OCC. The maximum atomic E-state index is 12.7. The van der Waals surface area contributed by atoms with Crippen LogP contribution in [0.3, 0.4) is 0 Å². The van der Waals surface area contributed by atoms with Crippen molar-refractivity contribution in [1.82, 2.24) is 9.55 Å². The van der Waals surface area contributed by atoms with Crippen molar-refractivity contribution in [3.8, 4) is 0 Å². The highest BCUT2D eigenvalue weighted by Crippen LogP contribution is 2.24. The summed E-state index contributed by atoms with van der Waals surface area (Å²) in [7, 11) is 0. The van der Waals surface area contributed by atoms with E-state index in [0.29, 0.717) is 34.7 Å². The number of anilines is 1. The second kappa shape index (κ2) is 7.59. The van der Waals surface area contributed by atoms with E-state index in [1.54, 1.807) is 55.9 Å². The van der Waals surface area contributed by atoms with Crippen molar-refractivity contribution in [1.29, 1.82) is 0 Å². The highest BCUT2D eigenvalue weighted by Gasteiger charge is 2.26. The molecule has 6 nitrogen and oxygen atoms in total. The summed E-state index contributed by atoms with van der Waals surface area (Å²) in [4.78, 5) is 28.9. The first-order valence-corrected chi connectivity index (χ1v) is 7.70. The first-order chi connectivity index (χ1) is 11.5. The molecule has 0 aromatic carbocycles. The van der Waals surface area contributed by atoms with Crippen molar-refractivity contribution in [2.45, 2.75) is 27.3 Å². The van der Waals surface area contributed by atoms with Gasteiger partial charge in [0.15, 0.2) is 0 Å². The fourth-order valence-corrected chi connectivity index (χ4v) is 2.68. The van der Waals surface area contributed by atoms with Crippen LogP contribution in [-0.4, -0.2) is 28.0 Å². The molecule has 2 rings (SSSR count). The lowest BCUT2D eigenvalue weighted by atomic mass is 10.1. The molecule has 6 heteroatoms. The molecular weight excluding hydrogens is 306 g/mol. The minimum atomic E-state index is -0.442. The van der Waals surface area contributed by atoms with Crippen LogP contribution in [0.1, 0.15) is 39.0 Å². The Morgan fingerprint density at radius 2 is 2.00 bits per heavy atom. The Kier molecular flexibility index (Phi) is 5.52. The first kappa shape index (κ1) is 17.5. The molecular formula is C18H21N3O3. The second-order valence-corrected chi connectivity index (χ2v) is 5.24. The summed E-state index contributed by atoms with van der Waals surface area (Å²) >= 11 is 0. The van der Waals surface area contributed by atoms with Crippen molar-refractivity contribution in [2.24, 2.45) is 0 Å². The molecule has 1 amide bonds. The van der Waals surface area contributed by atoms with E-state index in [9.17, 15) is 9.59 Å². The Morgan fingerprint density at radius 3 is 2.58 bits per heavy atom. The molecule has 24 heavy (non-hydrogen) atoms. The highest BCUT2D eigenvalue weighted by molar-refractivity contribution is 6.08. The van der Waals surface area contributed by atoms with Gasteiger partial charge in [-0.05, 0) is 38.5 Å². The summed E-state index contributed by atoms with van der Waals surface area (Å²) in [5.74, 6) is -0.715. The summed E-state index contributed by atoms with van der Waals surface area (Å²) in [6.45, 7) is 9.71. The Labute approximate surface area is 141 Å². The van der Waals surface area contributed by atoms with Gasteiger partial charge in [-0.3, -0.25) is 9.78 Å². The molecule has 2 heterocycles. The molecule has 0 unspecified atom stereocenters. The van der Waals surface area contributed by atoms with Crippen molar-refractivity contribution in [3.05, 3.63) is 59.7 Å². The third kappa shape index (κ3) is 3.37. The van der Waals surface area contributed by atoms with E-state index < -0.39 is 5.97 Å². The molecule has 0 bridgehead atoms. The van der Waals surface area contributed by atoms with Gasteiger partial charge in [-0.1, -0.05) is 6.08 Å². The third-order valence-electron chi connectivity index (χ3n) is 3.71.